The Kier molecular flexibility index (Phi) is 7.89. The van der Waals surface area contributed by atoms with Crippen LogP contribution < -0.4 is 9.47 Å². The molecule has 33 heavy (non-hydrogen) atoms. The number of nitrogens with zero attached hydrogens (tertiary/aromatic N) is 2. The molecular formula is C24H24N2O6S. The summed E-state index contributed by atoms with van der Waals surface area (Å²) in [5.41, 5.74) is 2.09. The number of non-ortho nitro benzene ring substituents is 1. The molecule has 0 bridgehead atoms. The number of rotatable bonds is 10. The number of benzene rings is 2. The summed E-state index contributed by atoms with van der Waals surface area (Å²) in [6.07, 6.45) is 4.55. The first-order valence-electron chi connectivity index (χ1n) is 10.3. The van der Waals surface area contributed by atoms with E-state index in [9.17, 15) is 19.7 Å². The molecule has 3 rings (SSSR count). The molecule has 0 aromatic heterocycles. The van der Waals surface area contributed by atoms with E-state index in [1.807, 2.05) is 13.0 Å². The van der Waals surface area contributed by atoms with Crippen LogP contribution in [0.25, 0.3) is 6.08 Å². The maximum absolute atomic E-state index is 12.6. The Morgan fingerprint density at radius 1 is 1.24 bits per heavy atom. The molecule has 2 amide bonds. The fourth-order valence-corrected chi connectivity index (χ4v) is 4.24. The van der Waals surface area contributed by atoms with E-state index >= 15 is 0 Å². The second-order valence-corrected chi connectivity index (χ2v) is 8.25. The molecule has 0 saturated carbocycles. The Bertz CT molecular complexity index is 1130. The van der Waals surface area contributed by atoms with Gasteiger partial charge in [0.25, 0.3) is 16.8 Å². The lowest BCUT2D eigenvalue weighted by molar-refractivity contribution is -0.384. The summed E-state index contributed by atoms with van der Waals surface area (Å²) in [5.74, 6) is 0.626. The van der Waals surface area contributed by atoms with Crippen molar-refractivity contribution in [2.24, 2.45) is 0 Å². The molecule has 2 aromatic carbocycles. The maximum atomic E-state index is 12.6. The molecule has 1 aliphatic rings. The van der Waals surface area contributed by atoms with Crippen LogP contribution in [0.5, 0.6) is 11.5 Å². The van der Waals surface area contributed by atoms with Gasteiger partial charge in [-0.15, -0.1) is 6.58 Å². The Morgan fingerprint density at radius 3 is 2.70 bits per heavy atom. The summed E-state index contributed by atoms with van der Waals surface area (Å²) >= 11 is 0.916. The molecule has 0 atom stereocenters. The van der Waals surface area contributed by atoms with Crippen molar-refractivity contribution in [1.29, 1.82) is 0 Å². The minimum absolute atomic E-state index is 0.0123. The van der Waals surface area contributed by atoms with E-state index in [4.69, 9.17) is 9.47 Å². The topological polar surface area (TPSA) is 99.0 Å². The molecule has 8 nitrogen and oxygen atoms in total. The Hall–Kier alpha value is -3.59. The first-order chi connectivity index (χ1) is 15.9. The van der Waals surface area contributed by atoms with Gasteiger partial charge in [0, 0.05) is 24.2 Å². The summed E-state index contributed by atoms with van der Waals surface area (Å²) < 4.78 is 11.5. The van der Waals surface area contributed by atoms with Gasteiger partial charge in [-0.25, -0.2) is 0 Å². The predicted molar refractivity (Wildman–Crippen MR) is 127 cm³/mol. The first-order valence-corrected chi connectivity index (χ1v) is 11.1. The molecule has 0 N–H and O–H groups in total. The van der Waals surface area contributed by atoms with Crippen molar-refractivity contribution in [3.63, 3.8) is 0 Å². The number of ether oxygens (including phenoxy) is 2. The van der Waals surface area contributed by atoms with Crippen molar-refractivity contribution < 1.29 is 24.0 Å². The number of nitro benzene ring substituents is 1. The molecule has 172 valence electrons. The van der Waals surface area contributed by atoms with Crippen LogP contribution in [0, 0.1) is 10.1 Å². The zero-order valence-corrected chi connectivity index (χ0v) is 19.2. The molecule has 0 spiro atoms. The van der Waals surface area contributed by atoms with E-state index in [1.54, 1.807) is 30.4 Å². The minimum Gasteiger partial charge on any atom is -0.493 e. The van der Waals surface area contributed by atoms with Crippen LogP contribution in [0.15, 0.2) is 54.0 Å². The van der Waals surface area contributed by atoms with E-state index in [1.165, 1.54) is 24.1 Å². The number of amides is 2. The Labute approximate surface area is 196 Å². The lowest BCUT2D eigenvalue weighted by Gasteiger charge is -2.16. The summed E-state index contributed by atoms with van der Waals surface area (Å²) in [5, 5.41) is 10.8. The number of allylic oxidation sites excluding steroid dienone is 1. The van der Waals surface area contributed by atoms with E-state index in [-0.39, 0.29) is 23.4 Å². The lowest BCUT2D eigenvalue weighted by Crippen LogP contribution is -2.28. The Morgan fingerprint density at radius 2 is 2.03 bits per heavy atom. The van der Waals surface area contributed by atoms with Crippen LogP contribution in [0.1, 0.15) is 30.0 Å². The molecule has 0 unspecified atom stereocenters. The van der Waals surface area contributed by atoms with Crippen molar-refractivity contribution in [1.82, 2.24) is 4.90 Å². The fourth-order valence-electron chi connectivity index (χ4n) is 3.37. The number of hydrogen-bond acceptors (Lipinski definition) is 7. The van der Waals surface area contributed by atoms with Gasteiger partial charge in [0.05, 0.1) is 16.9 Å². The van der Waals surface area contributed by atoms with E-state index < -0.39 is 4.92 Å². The monoisotopic (exact) mass is 468 g/mol. The number of imide groups is 1. The standard InChI is InChI=1S/C24H24N2O6S/c1-4-7-18-11-17(14-21-23(27)25(10-5-2)24(28)33-21)13-20(31-3)22(18)32-15-16-8-6-9-19(12-16)26(29)30/h4,6,8-9,11-14H,1,5,7,10,15H2,2-3H3/b21-14+. The highest BCUT2D eigenvalue weighted by Crippen LogP contribution is 2.37. The van der Waals surface area contributed by atoms with Gasteiger partial charge in [-0.2, -0.15) is 0 Å². The van der Waals surface area contributed by atoms with Crippen molar-refractivity contribution in [2.75, 3.05) is 13.7 Å². The number of carbonyl (C=O) groups is 2. The average Bonchev–Trinajstić information content (AvgIpc) is 3.06. The first kappa shape index (κ1) is 24.1. The van der Waals surface area contributed by atoms with Crippen LogP contribution in [0.2, 0.25) is 0 Å². The third-order valence-corrected chi connectivity index (χ3v) is 5.77. The van der Waals surface area contributed by atoms with Gasteiger partial charge in [0.2, 0.25) is 0 Å². The third-order valence-electron chi connectivity index (χ3n) is 4.86. The van der Waals surface area contributed by atoms with E-state index in [0.717, 1.165) is 17.3 Å². The molecule has 1 heterocycles. The van der Waals surface area contributed by atoms with E-state index in [2.05, 4.69) is 6.58 Å². The highest BCUT2D eigenvalue weighted by Gasteiger charge is 2.34. The number of hydrogen-bond donors (Lipinski definition) is 0. The third kappa shape index (κ3) is 5.61. The zero-order valence-electron chi connectivity index (χ0n) is 18.4. The van der Waals surface area contributed by atoms with Crippen LogP contribution in [0.3, 0.4) is 0 Å². The fraction of sp³-hybridized carbons (Fsp3) is 0.250. The second kappa shape index (κ2) is 10.8. The van der Waals surface area contributed by atoms with Gasteiger partial charge < -0.3 is 9.47 Å². The largest absolute Gasteiger partial charge is 0.493 e. The second-order valence-electron chi connectivity index (χ2n) is 7.25. The summed E-state index contributed by atoms with van der Waals surface area (Å²) in [7, 11) is 1.51. The van der Waals surface area contributed by atoms with Crippen LogP contribution in [-0.2, 0) is 17.8 Å². The van der Waals surface area contributed by atoms with Crippen molar-refractivity contribution in [3.05, 3.63) is 80.8 Å². The normalized spacial score (nSPS) is 14.6. The number of carbonyl (C=O) groups excluding carboxylic acids is 2. The highest BCUT2D eigenvalue weighted by atomic mass is 32.2. The molecule has 0 radical (unpaired) electrons. The van der Waals surface area contributed by atoms with Crippen molar-refractivity contribution in [3.8, 4) is 11.5 Å². The summed E-state index contributed by atoms with van der Waals surface area (Å²) in [6, 6.07) is 9.80. The predicted octanol–water partition coefficient (Wildman–Crippen LogP) is 5.36. The molecule has 1 aliphatic heterocycles. The van der Waals surface area contributed by atoms with Gasteiger partial charge in [0.15, 0.2) is 11.5 Å². The minimum atomic E-state index is -0.454. The quantitative estimate of drug-likeness (QED) is 0.200. The average molecular weight is 469 g/mol. The van der Waals surface area contributed by atoms with Crippen LogP contribution in [0.4, 0.5) is 10.5 Å². The van der Waals surface area contributed by atoms with Gasteiger partial charge >= 0.3 is 0 Å². The number of thioether (sulfide) groups is 1. The lowest BCUT2D eigenvalue weighted by atomic mass is 10.0. The molecule has 9 heteroatoms. The highest BCUT2D eigenvalue weighted by molar-refractivity contribution is 8.18. The van der Waals surface area contributed by atoms with Gasteiger partial charge in [0.1, 0.15) is 6.61 Å². The van der Waals surface area contributed by atoms with Crippen LogP contribution >= 0.6 is 11.8 Å². The molecule has 1 saturated heterocycles. The Balaban J connectivity index is 1.91. The van der Waals surface area contributed by atoms with Crippen molar-refractivity contribution >= 4 is 34.7 Å². The molecule has 2 aromatic rings. The van der Waals surface area contributed by atoms with Gasteiger partial charge in [-0.1, -0.05) is 25.1 Å². The number of methoxy groups -OCH3 is 1. The van der Waals surface area contributed by atoms with Gasteiger partial charge in [-0.3, -0.25) is 24.6 Å². The van der Waals surface area contributed by atoms with E-state index in [0.29, 0.717) is 46.9 Å². The van der Waals surface area contributed by atoms with Crippen molar-refractivity contribution in [2.45, 2.75) is 26.4 Å². The van der Waals surface area contributed by atoms with Crippen LogP contribution in [-0.4, -0.2) is 34.6 Å². The maximum Gasteiger partial charge on any atom is 0.293 e. The summed E-state index contributed by atoms with van der Waals surface area (Å²) in [4.78, 5) is 36.9. The molecular weight excluding hydrogens is 444 g/mol. The molecule has 0 aliphatic carbocycles. The molecule has 1 fully saturated rings. The SMILES string of the molecule is C=CCc1cc(/C=C2/SC(=O)N(CCC)C2=O)cc(OC)c1OCc1cccc([N+](=O)[O-])c1. The summed E-state index contributed by atoms with van der Waals surface area (Å²) in [6.45, 7) is 6.19. The zero-order chi connectivity index (χ0) is 24.0. The smallest absolute Gasteiger partial charge is 0.293 e. The van der Waals surface area contributed by atoms with Gasteiger partial charge in [-0.05, 0) is 53.9 Å². The number of nitro groups is 1.